The zero-order valence-electron chi connectivity index (χ0n) is 12.8. The van der Waals surface area contributed by atoms with Crippen LogP contribution in [0.15, 0.2) is 41.6 Å². The van der Waals surface area contributed by atoms with E-state index in [0.717, 1.165) is 17.1 Å². The highest BCUT2D eigenvalue weighted by Crippen LogP contribution is 2.23. The highest BCUT2D eigenvalue weighted by Gasteiger charge is 2.17. The van der Waals surface area contributed by atoms with Crippen molar-refractivity contribution in [3.63, 3.8) is 0 Å². The summed E-state index contributed by atoms with van der Waals surface area (Å²) in [6, 6.07) is 9.21. The molecule has 2 aromatic heterocycles. The highest BCUT2D eigenvalue weighted by atomic mass is 32.2. The zero-order chi connectivity index (χ0) is 15.7. The van der Waals surface area contributed by atoms with Crippen molar-refractivity contribution >= 4 is 23.3 Å². The molecule has 0 bridgehead atoms. The lowest BCUT2D eigenvalue weighted by molar-refractivity contribution is 0.103. The van der Waals surface area contributed by atoms with Crippen LogP contribution in [-0.4, -0.2) is 26.4 Å². The Morgan fingerprint density at radius 1 is 1.23 bits per heavy atom. The van der Waals surface area contributed by atoms with Crippen LogP contribution in [0.25, 0.3) is 5.78 Å². The van der Waals surface area contributed by atoms with E-state index in [0.29, 0.717) is 17.0 Å². The maximum absolute atomic E-state index is 12.5. The molecule has 0 aliphatic heterocycles. The van der Waals surface area contributed by atoms with Gasteiger partial charge < -0.3 is 0 Å². The van der Waals surface area contributed by atoms with Gasteiger partial charge in [-0.2, -0.15) is 0 Å². The monoisotopic (exact) mass is 311 g/mol. The number of imidazole rings is 1. The molecular weight excluding hydrogens is 294 g/mol. The Morgan fingerprint density at radius 3 is 2.59 bits per heavy atom. The summed E-state index contributed by atoms with van der Waals surface area (Å²) in [6.45, 7) is 4.16. The van der Waals surface area contributed by atoms with Gasteiger partial charge in [0.15, 0.2) is 0 Å². The number of carbonyl (C=O) groups is 1. The second kappa shape index (κ2) is 5.93. The first-order valence-electron chi connectivity index (χ1n) is 7.18. The third kappa shape index (κ3) is 2.41. The molecule has 0 radical (unpaired) electrons. The topological polar surface area (TPSA) is 47.3 Å². The number of aromatic nitrogens is 3. The Kier molecular flexibility index (Phi) is 3.98. The molecule has 0 fully saturated rings. The van der Waals surface area contributed by atoms with Gasteiger partial charge in [-0.05, 0) is 19.6 Å². The molecule has 0 amide bonds. The van der Waals surface area contributed by atoms with Crippen LogP contribution in [0.2, 0.25) is 0 Å². The van der Waals surface area contributed by atoms with E-state index >= 15 is 0 Å². The summed E-state index contributed by atoms with van der Waals surface area (Å²) in [4.78, 5) is 21.5. The smallest absolute Gasteiger partial charge is 0.235 e. The lowest BCUT2D eigenvalue weighted by atomic mass is 10.1. The Morgan fingerprint density at radius 2 is 1.95 bits per heavy atom. The molecule has 0 aliphatic carbocycles. The number of aryl methyl sites for hydroxylation is 1. The number of hydrogen-bond acceptors (Lipinski definition) is 4. The van der Waals surface area contributed by atoms with Crippen molar-refractivity contribution in [2.45, 2.75) is 25.3 Å². The molecule has 0 N–H and O–H groups in total. The average Bonchev–Trinajstić information content (AvgIpc) is 2.99. The third-order valence-electron chi connectivity index (χ3n) is 3.76. The molecule has 0 saturated heterocycles. The number of ketones is 1. The minimum absolute atomic E-state index is 0.0748. The first-order valence-corrected chi connectivity index (χ1v) is 8.40. The van der Waals surface area contributed by atoms with E-state index in [-0.39, 0.29) is 5.78 Å². The molecule has 0 aliphatic rings. The molecule has 0 spiro atoms. The van der Waals surface area contributed by atoms with Crippen LogP contribution >= 0.6 is 11.8 Å². The maximum atomic E-state index is 12.5. The van der Waals surface area contributed by atoms with Gasteiger partial charge >= 0.3 is 0 Å². The van der Waals surface area contributed by atoms with Gasteiger partial charge in [0.1, 0.15) is 10.7 Å². The summed E-state index contributed by atoms with van der Waals surface area (Å²) in [5, 5.41) is 0.983. The summed E-state index contributed by atoms with van der Waals surface area (Å²) in [5.41, 5.74) is 3.37. The van der Waals surface area contributed by atoms with E-state index < -0.39 is 0 Å². The second-order valence-electron chi connectivity index (χ2n) is 5.03. The molecule has 22 heavy (non-hydrogen) atoms. The number of thioether (sulfide) groups is 1. The predicted octanol–water partition coefficient (Wildman–Crippen LogP) is 3.55. The summed E-state index contributed by atoms with van der Waals surface area (Å²) in [6.07, 6.45) is 4.71. The van der Waals surface area contributed by atoms with Gasteiger partial charge in [0.2, 0.25) is 11.6 Å². The van der Waals surface area contributed by atoms with Crippen molar-refractivity contribution in [2.75, 3.05) is 6.26 Å². The van der Waals surface area contributed by atoms with Gasteiger partial charge in [0.25, 0.3) is 0 Å². The summed E-state index contributed by atoms with van der Waals surface area (Å²) in [7, 11) is 0. The number of fused-ring (bicyclic) bond motifs is 1. The minimum atomic E-state index is -0.0748. The van der Waals surface area contributed by atoms with Crippen LogP contribution < -0.4 is 0 Å². The number of benzene rings is 1. The van der Waals surface area contributed by atoms with Crippen LogP contribution in [0, 0.1) is 6.92 Å². The van der Waals surface area contributed by atoms with Gasteiger partial charge in [-0.3, -0.25) is 9.20 Å². The molecule has 4 nitrogen and oxygen atoms in total. The standard InChI is InChI=1S/C17H17N3OS/c1-4-13-11(2)20-10-14(18-17(20)19-16(13)22-3)15(21)12-8-6-5-7-9-12/h5-10H,4H2,1-3H3. The molecule has 0 unspecified atom stereocenters. The first-order chi connectivity index (χ1) is 10.7. The Labute approximate surface area is 133 Å². The van der Waals surface area contributed by atoms with Crippen LogP contribution in [0.3, 0.4) is 0 Å². The van der Waals surface area contributed by atoms with E-state index in [1.807, 2.05) is 35.8 Å². The first kappa shape index (κ1) is 14.8. The van der Waals surface area contributed by atoms with Crippen molar-refractivity contribution in [1.82, 2.24) is 14.4 Å². The molecule has 3 aromatic rings. The van der Waals surface area contributed by atoms with E-state index in [9.17, 15) is 4.79 Å². The van der Waals surface area contributed by atoms with Crippen molar-refractivity contribution in [2.24, 2.45) is 0 Å². The van der Waals surface area contributed by atoms with Gasteiger partial charge in [0.05, 0.1) is 0 Å². The van der Waals surface area contributed by atoms with Crippen molar-refractivity contribution < 1.29 is 4.79 Å². The quantitative estimate of drug-likeness (QED) is 0.420. The fraction of sp³-hybridized carbons (Fsp3) is 0.235. The maximum Gasteiger partial charge on any atom is 0.235 e. The van der Waals surface area contributed by atoms with Gasteiger partial charge in [-0.25, -0.2) is 9.97 Å². The van der Waals surface area contributed by atoms with Crippen molar-refractivity contribution in [3.05, 3.63) is 59.0 Å². The predicted molar refractivity (Wildman–Crippen MR) is 88.8 cm³/mol. The normalized spacial score (nSPS) is 11.0. The number of nitrogens with zero attached hydrogens (tertiary/aromatic N) is 3. The molecule has 1 aromatic carbocycles. The lowest BCUT2D eigenvalue weighted by Crippen LogP contribution is -2.02. The van der Waals surface area contributed by atoms with E-state index in [1.165, 1.54) is 5.56 Å². The molecule has 0 atom stereocenters. The van der Waals surface area contributed by atoms with E-state index in [2.05, 4.69) is 16.9 Å². The summed E-state index contributed by atoms with van der Waals surface area (Å²) >= 11 is 1.61. The van der Waals surface area contributed by atoms with Crippen LogP contribution in [0.5, 0.6) is 0 Å². The van der Waals surface area contributed by atoms with Gasteiger partial charge in [-0.1, -0.05) is 37.3 Å². The second-order valence-corrected chi connectivity index (χ2v) is 5.82. The summed E-state index contributed by atoms with van der Waals surface area (Å²) in [5.74, 6) is 0.507. The Balaban J connectivity index is 2.14. The van der Waals surface area contributed by atoms with Crippen LogP contribution in [-0.2, 0) is 6.42 Å². The Bertz CT molecular complexity index is 840. The van der Waals surface area contributed by atoms with Gasteiger partial charge in [-0.15, -0.1) is 11.8 Å². The number of carbonyl (C=O) groups excluding carboxylic acids is 1. The fourth-order valence-electron chi connectivity index (χ4n) is 2.58. The molecule has 3 rings (SSSR count). The van der Waals surface area contributed by atoms with E-state index in [1.54, 1.807) is 30.1 Å². The molecule has 2 heterocycles. The van der Waals surface area contributed by atoms with Crippen LogP contribution in [0.4, 0.5) is 0 Å². The Hall–Kier alpha value is -2.14. The summed E-state index contributed by atoms with van der Waals surface area (Å²) < 4.78 is 1.91. The molecule has 5 heteroatoms. The lowest BCUT2D eigenvalue weighted by Gasteiger charge is -2.09. The number of rotatable bonds is 4. The molecule has 112 valence electrons. The van der Waals surface area contributed by atoms with Crippen LogP contribution in [0.1, 0.15) is 34.2 Å². The van der Waals surface area contributed by atoms with Crippen molar-refractivity contribution in [1.29, 1.82) is 0 Å². The van der Waals surface area contributed by atoms with Crippen molar-refractivity contribution in [3.8, 4) is 0 Å². The largest absolute Gasteiger partial charge is 0.287 e. The third-order valence-corrected chi connectivity index (χ3v) is 4.49. The average molecular weight is 311 g/mol. The number of hydrogen-bond donors (Lipinski definition) is 0. The van der Waals surface area contributed by atoms with E-state index in [4.69, 9.17) is 0 Å². The zero-order valence-corrected chi connectivity index (χ0v) is 13.6. The molecule has 0 saturated carbocycles. The fourth-order valence-corrected chi connectivity index (χ4v) is 3.29. The minimum Gasteiger partial charge on any atom is -0.287 e. The SMILES string of the molecule is CCc1c(SC)nc2nc(C(=O)c3ccccc3)cn2c1C. The highest BCUT2D eigenvalue weighted by molar-refractivity contribution is 7.98. The van der Waals surface area contributed by atoms with Gasteiger partial charge in [0, 0.05) is 23.0 Å². The molecular formula is C17H17N3OS.